The lowest BCUT2D eigenvalue weighted by Crippen LogP contribution is -2.40. The minimum Gasteiger partial charge on any atom is -0.479 e. The Labute approximate surface area is 116 Å². The number of rotatable bonds is 5. The highest BCUT2D eigenvalue weighted by molar-refractivity contribution is 5.95. The fourth-order valence-electron chi connectivity index (χ4n) is 1.23. The minimum atomic E-state index is -0.856. The van der Waals surface area contributed by atoms with Crippen LogP contribution >= 0.6 is 0 Å². The van der Waals surface area contributed by atoms with Crippen LogP contribution in [0.3, 0.4) is 0 Å². The van der Waals surface area contributed by atoms with Gasteiger partial charge in [0.15, 0.2) is 12.7 Å². The Hall–Kier alpha value is -2.57. The summed E-state index contributed by atoms with van der Waals surface area (Å²) >= 11 is 0. The van der Waals surface area contributed by atoms with Crippen LogP contribution in [-0.2, 0) is 14.3 Å². The van der Waals surface area contributed by atoms with Gasteiger partial charge in [-0.3, -0.25) is 10.1 Å². The number of carbonyl (C=O) groups excluding carboxylic acids is 3. The summed E-state index contributed by atoms with van der Waals surface area (Å²) < 4.78 is 10.1. The molecule has 0 bridgehead atoms. The van der Waals surface area contributed by atoms with E-state index >= 15 is 0 Å². The number of amides is 3. The molecule has 108 valence electrons. The van der Waals surface area contributed by atoms with E-state index in [0.717, 1.165) is 0 Å². The van der Waals surface area contributed by atoms with Gasteiger partial charge in [-0.2, -0.15) is 0 Å². The van der Waals surface area contributed by atoms with E-state index in [4.69, 9.17) is 9.47 Å². The van der Waals surface area contributed by atoms with Crippen molar-refractivity contribution < 1.29 is 23.9 Å². The summed E-state index contributed by atoms with van der Waals surface area (Å²) in [7, 11) is 1.37. The molecule has 0 spiro atoms. The Morgan fingerprint density at radius 1 is 1.20 bits per heavy atom. The molecule has 0 saturated heterocycles. The van der Waals surface area contributed by atoms with Crippen molar-refractivity contribution in [1.82, 2.24) is 10.6 Å². The van der Waals surface area contributed by atoms with Gasteiger partial charge in [0.05, 0.1) is 0 Å². The van der Waals surface area contributed by atoms with E-state index in [-0.39, 0.29) is 0 Å². The van der Waals surface area contributed by atoms with Crippen molar-refractivity contribution in [2.45, 2.75) is 13.0 Å². The van der Waals surface area contributed by atoms with Crippen LogP contribution in [0, 0.1) is 0 Å². The number of hydrogen-bond acceptors (Lipinski definition) is 5. The Balaban J connectivity index is 2.35. The zero-order valence-electron chi connectivity index (χ0n) is 11.2. The minimum absolute atomic E-state index is 0.520. The zero-order chi connectivity index (χ0) is 15.0. The summed E-state index contributed by atoms with van der Waals surface area (Å²) in [6.07, 6.45) is -0.856. The number of benzene rings is 1. The molecule has 0 saturated carbocycles. The lowest BCUT2D eigenvalue weighted by atomic mass is 10.3. The molecule has 7 nitrogen and oxygen atoms in total. The predicted octanol–water partition coefficient (Wildman–Crippen LogP) is 0.453. The number of urea groups is 1. The standard InChI is InChI=1S/C13H16N2O5/c1-9(20-10-6-4-3-5-7-10)12(17)19-8-11(16)15-13(18)14-2/h3-7,9H,8H2,1-2H3,(H2,14,15,16,18)/t9-/m1/s1. The first-order valence-electron chi connectivity index (χ1n) is 5.93. The molecule has 1 rings (SSSR count). The first-order chi connectivity index (χ1) is 9.52. The van der Waals surface area contributed by atoms with Crippen molar-refractivity contribution in [2.24, 2.45) is 0 Å². The van der Waals surface area contributed by atoms with E-state index in [1.54, 1.807) is 24.3 Å². The normalized spacial score (nSPS) is 11.1. The summed E-state index contributed by atoms with van der Waals surface area (Å²) in [6.45, 7) is 0.959. The second-order valence-corrected chi connectivity index (χ2v) is 3.81. The zero-order valence-corrected chi connectivity index (χ0v) is 11.2. The monoisotopic (exact) mass is 280 g/mol. The molecular weight excluding hydrogens is 264 g/mol. The molecule has 2 N–H and O–H groups in total. The van der Waals surface area contributed by atoms with Crippen LogP contribution in [0.15, 0.2) is 30.3 Å². The Bertz CT molecular complexity index is 475. The van der Waals surface area contributed by atoms with E-state index in [1.807, 2.05) is 11.4 Å². The molecule has 0 aliphatic rings. The van der Waals surface area contributed by atoms with Gasteiger partial charge in [-0.05, 0) is 19.1 Å². The van der Waals surface area contributed by atoms with Crippen LogP contribution in [0.2, 0.25) is 0 Å². The third kappa shape index (κ3) is 5.38. The molecule has 0 heterocycles. The molecule has 1 atom stereocenters. The number of esters is 1. The number of hydrogen-bond donors (Lipinski definition) is 2. The van der Waals surface area contributed by atoms with Gasteiger partial charge in [0.25, 0.3) is 5.91 Å². The van der Waals surface area contributed by atoms with E-state index in [1.165, 1.54) is 14.0 Å². The summed E-state index contributed by atoms with van der Waals surface area (Å²) in [5, 5.41) is 4.17. The van der Waals surface area contributed by atoms with Gasteiger partial charge in [-0.25, -0.2) is 9.59 Å². The molecule has 1 aromatic carbocycles. The predicted molar refractivity (Wildman–Crippen MR) is 70.1 cm³/mol. The molecule has 0 radical (unpaired) electrons. The van der Waals surface area contributed by atoms with Gasteiger partial charge in [0, 0.05) is 7.05 Å². The molecule has 3 amide bonds. The second-order valence-electron chi connectivity index (χ2n) is 3.81. The largest absolute Gasteiger partial charge is 0.479 e. The van der Waals surface area contributed by atoms with Crippen LogP contribution in [0.5, 0.6) is 5.75 Å². The summed E-state index contributed by atoms with van der Waals surface area (Å²) in [5.41, 5.74) is 0. The lowest BCUT2D eigenvalue weighted by molar-refractivity contribution is -0.154. The highest BCUT2D eigenvalue weighted by Crippen LogP contribution is 2.11. The third-order valence-corrected chi connectivity index (χ3v) is 2.21. The van der Waals surface area contributed by atoms with Crippen LogP contribution < -0.4 is 15.4 Å². The first-order valence-corrected chi connectivity index (χ1v) is 5.93. The molecule has 20 heavy (non-hydrogen) atoms. The van der Waals surface area contributed by atoms with Crippen LogP contribution in [0.25, 0.3) is 0 Å². The van der Waals surface area contributed by atoms with E-state index in [0.29, 0.717) is 5.75 Å². The van der Waals surface area contributed by atoms with Crippen molar-refractivity contribution in [2.75, 3.05) is 13.7 Å². The SMILES string of the molecule is CNC(=O)NC(=O)COC(=O)[C@@H](C)Oc1ccccc1. The summed E-state index contributed by atoms with van der Waals surface area (Å²) in [6, 6.07) is 8.08. The van der Waals surface area contributed by atoms with Crippen molar-refractivity contribution in [3.8, 4) is 5.75 Å². The van der Waals surface area contributed by atoms with E-state index < -0.39 is 30.6 Å². The number of para-hydroxylation sites is 1. The van der Waals surface area contributed by atoms with Crippen molar-refractivity contribution in [3.63, 3.8) is 0 Å². The first kappa shape index (κ1) is 15.5. The average Bonchev–Trinajstić information content (AvgIpc) is 2.45. The van der Waals surface area contributed by atoms with Crippen LogP contribution in [0.4, 0.5) is 4.79 Å². The number of ether oxygens (including phenoxy) is 2. The van der Waals surface area contributed by atoms with Crippen LogP contribution in [0.1, 0.15) is 6.92 Å². The van der Waals surface area contributed by atoms with Gasteiger partial charge in [-0.1, -0.05) is 18.2 Å². The maximum Gasteiger partial charge on any atom is 0.347 e. The third-order valence-electron chi connectivity index (χ3n) is 2.21. The molecule has 1 aromatic rings. The Kier molecular flexibility index (Phi) is 6.02. The average molecular weight is 280 g/mol. The Morgan fingerprint density at radius 2 is 1.85 bits per heavy atom. The highest BCUT2D eigenvalue weighted by Gasteiger charge is 2.18. The van der Waals surface area contributed by atoms with Crippen LogP contribution in [-0.4, -0.2) is 37.7 Å². The molecule has 0 fully saturated rings. The quantitative estimate of drug-likeness (QED) is 0.764. The molecule has 0 unspecified atom stereocenters. The molecule has 7 heteroatoms. The maximum atomic E-state index is 11.6. The van der Waals surface area contributed by atoms with Gasteiger partial charge in [-0.15, -0.1) is 0 Å². The van der Waals surface area contributed by atoms with Crippen molar-refractivity contribution in [1.29, 1.82) is 0 Å². The van der Waals surface area contributed by atoms with Gasteiger partial charge in [0.2, 0.25) is 0 Å². The Morgan fingerprint density at radius 3 is 2.45 bits per heavy atom. The van der Waals surface area contributed by atoms with E-state index in [9.17, 15) is 14.4 Å². The summed E-state index contributed by atoms with van der Waals surface area (Å²) in [5.74, 6) is -0.891. The maximum absolute atomic E-state index is 11.6. The molecule has 0 aliphatic heterocycles. The fraction of sp³-hybridized carbons (Fsp3) is 0.308. The lowest BCUT2D eigenvalue weighted by Gasteiger charge is -2.13. The van der Waals surface area contributed by atoms with E-state index in [2.05, 4.69) is 5.32 Å². The fourth-order valence-corrected chi connectivity index (χ4v) is 1.23. The molecule has 0 aromatic heterocycles. The summed E-state index contributed by atoms with van der Waals surface area (Å²) in [4.78, 5) is 33.6. The van der Waals surface area contributed by atoms with Crippen molar-refractivity contribution in [3.05, 3.63) is 30.3 Å². The van der Waals surface area contributed by atoms with Gasteiger partial charge in [0.1, 0.15) is 5.75 Å². The van der Waals surface area contributed by atoms with Gasteiger partial charge < -0.3 is 14.8 Å². The smallest absolute Gasteiger partial charge is 0.347 e. The van der Waals surface area contributed by atoms with Gasteiger partial charge >= 0.3 is 12.0 Å². The molecular formula is C13H16N2O5. The number of nitrogens with one attached hydrogen (secondary N) is 2. The number of imide groups is 1. The highest BCUT2D eigenvalue weighted by atomic mass is 16.6. The van der Waals surface area contributed by atoms with Crippen molar-refractivity contribution >= 4 is 17.9 Å². The topological polar surface area (TPSA) is 93.7 Å². The molecule has 0 aliphatic carbocycles. The number of carbonyl (C=O) groups is 3. The second kappa shape index (κ2) is 7.78.